The van der Waals surface area contributed by atoms with Crippen LogP contribution in [0.4, 0.5) is 0 Å². The summed E-state index contributed by atoms with van der Waals surface area (Å²) in [7, 11) is 0. The minimum Gasteiger partial charge on any atom is -0.485 e. The minimum atomic E-state index is -0.494. The van der Waals surface area contributed by atoms with E-state index in [0.29, 0.717) is 16.9 Å². The van der Waals surface area contributed by atoms with E-state index in [1.165, 1.54) is 0 Å². The topological polar surface area (TPSA) is 83.5 Å². The summed E-state index contributed by atoms with van der Waals surface area (Å²) in [6.07, 6.45) is 2.38. The maximum absolute atomic E-state index is 12.6. The molecule has 3 rings (SSSR count). The molecule has 2 N–H and O–H groups in total. The highest BCUT2D eigenvalue weighted by atomic mass is 16.5. The summed E-state index contributed by atoms with van der Waals surface area (Å²) in [5.41, 5.74) is 8.28. The normalized spacial score (nSPS) is 16.6. The van der Waals surface area contributed by atoms with E-state index in [0.717, 1.165) is 37.4 Å². The molecule has 0 unspecified atom stereocenters. The molecular formula is C20H24N2O4. The molecule has 1 aromatic carbocycles. The van der Waals surface area contributed by atoms with E-state index in [1.54, 1.807) is 24.3 Å². The fourth-order valence-electron chi connectivity index (χ4n) is 3.30. The van der Waals surface area contributed by atoms with E-state index < -0.39 is 5.91 Å². The van der Waals surface area contributed by atoms with Crippen LogP contribution in [0.15, 0.2) is 30.3 Å². The highest BCUT2D eigenvalue weighted by molar-refractivity contribution is 5.98. The molecule has 1 atom stereocenters. The second-order valence-electron chi connectivity index (χ2n) is 6.63. The molecule has 26 heavy (non-hydrogen) atoms. The fraction of sp³-hybridized carbons (Fsp3) is 0.400. The molecule has 1 fully saturated rings. The van der Waals surface area contributed by atoms with Crippen LogP contribution >= 0.6 is 0 Å². The number of rotatable bonds is 7. The number of amides is 1. The Morgan fingerprint density at radius 3 is 2.62 bits per heavy atom. The first kappa shape index (κ1) is 18.2. The van der Waals surface area contributed by atoms with Crippen molar-refractivity contribution in [3.8, 4) is 5.75 Å². The van der Waals surface area contributed by atoms with Gasteiger partial charge in [-0.1, -0.05) is 0 Å². The number of nitrogens with zero attached hydrogens (tertiary/aromatic N) is 1. The Morgan fingerprint density at radius 2 is 2.00 bits per heavy atom. The summed E-state index contributed by atoms with van der Waals surface area (Å²) in [5.74, 6) is -0.0431. The number of benzene rings is 1. The van der Waals surface area contributed by atoms with Crippen LogP contribution in [0.2, 0.25) is 0 Å². The SMILES string of the molecule is Cc1cc(C(=O)COc2ccc(C(N)=O)cc2)c(C)n1C[C@H]1CCCO1. The van der Waals surface area contributed by atoms with E-state index in [4.69, 9.17) is 15.2 Å². The van der Waals surface area contributed by atoms with Gasteiger partial charge in [0.2, 0.25) is 11.7 Å². The van der Waals surface area contributed by atoms with Gasteiger partial charge in [-0.15, -0.1) is 0 Å². The number of nitrogens with two attached hydrogens (primary N) is 1. The van der Waals surface area contributed by atoms with Crippen LogP contribution < -0.4 is 10.5 Å². The average molecular weight is 356 g/mol. The van der Waals surface area contributed by atoms with Crippen molar-refractivity contribution >= 4 is 11.7 Å². The number of primary amides is 1. The number of aryl methyl sites for hydroxylation is 1. The van der Waals surface area contributed by atoms with Crippen LogP contribution in [-0.4, -0.2) is 35.6 Å². The Labute approximate surface area is 152 Å². The number of hydrogen-bond acceptors (Lipinski definition) is 4. The predicted molar refractivity (Wildman–Crippen MR) is 97.7 cm³/mol. The van der Waals surface area contributed by atoms with Gasteiger partial charge in [-0.3, -0.25) is 9.59 Å². The number of ketones is 1. The average Bonchev–Trinajstić information content (AvgIpc) is 3.24. The Bertz CT molecular complexity index is 802. The van der Waals surface area contributed by atoms with Crippen LogP contribution in [0.1, 0.15) is 44.9 Å². The van der Waals surface area contributed by atoms with Gasteiger partial charge in [0, 0.05) is 35.7 Å². The van der Waals surface area contributed by atoms with E-state index in [2.05, 4.69) is 4.57 Å². The molecule has 0 radical (unpaired) electrons. The number of carbonyl (C=O) groups is 2. The molecule has 0 spiro atoms. The van der Waals surface area contributed by atoms with Crippen LogP contribution in [0.5, 0.6) is 5.75 Å². The quantitative estimate of drug-likeness (QED) is 0.773. The minimum absolute atomic E-state index is 0.0554. The van der Waals surface area contributed by atoms with Gasteiger partial charge in [0.1, 0.15) is 5.75 Å². The van der Waals surface area contributed by atoms with E-state index >= 15 is 0 Å². The highest BCUT2D eigenvalue weighted by Gasteiger charge is 2.21. The van der Waals surface area contributed by atoms with Crippen molar-refractivity contribution in [3.63, 3.8) is 0 Å². The summed E-state index contributed by atoms with van der Waals surface area (Å²) >= 11 is 0. The number of Topliss-reactive ketones (excluding diaryl/α,β-unsaturated/α-hetero) is 1. The first-order chi connectivity index (χ1) is 12.5. The number of aromatic nitrogens is 1. The maximum Gasteiger partial charge on any atom is 0.248 e. The van der Waals surface area contributed by atoms with Crippen molar-refractivity contribution in [2.24, 2.45) is 5.73 Å². The molecule has 6 heteroatoms. The molecule has 0 bridgehead atoms. The Balaban J connectivity index is 1.65. The van der Waals surface area contributed by atoms with Crippen molar-refractivity contribution in [3.05, 3.63) is 52.8 Å². The van der Waals surface area contributed by atoms with E-state index in [9.17, 15) is 9.59 Å². The van der Waals surface area contributed by atoms with Gasteiger partial charge in [-0.2, -0.15) is 0 Å². The number of ether oxygens (including phenoxy) is 2. The molecule has 0 saturated carbocycles. The third-order valence-corrected chi connectivity index (χ3v) is 4.79. The van der Waals surface area contributed by atoms with Crippen molar-refractivity contribution in [2.45, 2.75) is 39.3 Å². The third kappa shape index (κ3) is 3.96. The second kappa shape index (κ2) is 7.74. The molecule has 1 aliphatic rings. The summed E-state index contributed by atoms with van der Waals surface area (Å²) in [4.78, 5) is 23.6. The lowest BCUT2D eigenvalue weighted by Gasteiger charge is -2.14. The molecule has 0 aliphatic carbocycles. The lowest BCUT2D eigenvalue weighted by atomic mass is 10.1. The zero-order valence-corrected chi connectivity index (χ0v) is 15.2. The largest absolute Gasteiger partial charge is 0.485 e. The van der Waals surface area contributed by atoms with Crippen molar-refractivity contribution in [1.29, 1.82) is 0 Å². The zero-order chi connectivity index (χ0) is 18.7. The molecular weight excluding hydrogens is 332 g/mol. The van der Waals surface area contributed by atoms with Crippen molar-refractivity contribution < 1.29 is 19.1 Å². The summed E-state index contributed by atoms with van der Waals surface area (Å²) in [6.45, 7) is 5.50. The highest BCUT2D eigenvalue weighted by Crippen LogP contribution is 2.21. The lowest BCUT2D eigenvalue weighted by molar-refractivity contribution is 0.0913. The van der Waals surface area contributed by atoms with Crippen LogP contribution in [0, 0.1) is 13.8 Å². The summed E-state index contributed by atoms with van der Waals surface area (Å²) < 4.78 is 13.4. The summed E-state index contributed by atoms with van der Waals surface area (Å²) in [5, 5.41) is 0. The predicted octanol–water partition coefficient (Wildman–Crippen LogP) is 2.64. The standard InChI is InChI=1S/C20H24N2O4/c1-13-10-18(14(2)22(13)11-17-4-3-9-25-17)19(23)12-26-16-7-5-15(6-8-16)20(21)24/h5-8,10,17H,3-4,9,11-12H2,1-2H3,(H2,21,24)/t17-/m1/s1. The molecule has 1 aromatic heterocycles. The van der Waals surface area contributed by atoms with E-state index in [1.807, 2.05) is 19.9 Å². The van der Waals surface area contributed by atoms with Gasteiger partial charge in [0.05, 0.1) is 6.10 Å². The maximum atomic E-state index is 12.6. The smallest absolute Gasteiger partial charge is 0.248 e. The molecule has 6 nitrogen and oxygen atoms in total. The van der Waals surface area contributed by atoms with Gasteiger partial charge in [-0.25, -0.2) is 0 Å². The lowest BCUT2D eigenvalue weighted by Crippen LogP contribution is -2.18. The Kier molecular flexibility index (Phi) is 5.42. The number of carbonyl (C=O) groups excluding carboxylic acids is 2. The third-order valence-electron chi connectivity index (χ3n) is 4.79. The summed E-state index contributed by atoms with van der Waals surface area (Å²) in [6, 6.07) is 8.33. The first-order valence-corrected chi connectivity index (χ1v) is 8.80. The van der Waals surface area contributed by atoms with Gasteiger partial charge in [0.15, 0.2) is 6.61 Å². The molecule has 1 amide bonds. The molecule has 1 aliphatic heterocycles. The van der Waals surface area contributed by atoms with Crippen LogP contribution in [0.25, 0.3) is 0 Å². The van der Waals surface area contributed by atoms with Gasteiger partial charge in [-0.05, 0) is 57.0 Å². The first-order valence-electron chi connectivity index (χ1n) is 8.80. The van der Waals surface area contributed by atoms with E-state index in [-0.39, 0.29) is 18.5 Å². The number of hydrogen-bond donors (Lipinski definition) is 1. The molecule has 138 valence electrons. The van der Waals surface area contributed by atoms with Gasteiger partial charge >= 0.3 is 0 Å². The zero-order valence-electron chi connectivity index (χ0n) is 15.2. The Hall–Kier alpha value is -2.60. The molecule has 2 aromatic rings. The second-order valence-corrected chi connectivity index (χ2v) is 6.63. The van der Waals surface area contributed by atoms with Crippen molar-refractivity contribution in [1.82, 2.24) is 4.57 Å². The Morgan fingerprint density at radius 1 is 1.27 bits per heavy atom. The van der Waals surface area contributed by atoms with Crippen LogP contribution in [0.3, 0.4) is 0 Å². The van der Waals surface area contributed by atoms with Crippen molar-refractivity contribution in [2.75, 3.05) is 13.2 Å². The monoisotopic (exact) mass is 356 g/mol. The van der Waals surface area contributed by atoms with Crippen LogP contribution in [-0.2, 0) is 11.3 Å². The molecule has 1 saturated heterocycles. The fourth-order valence-corrected chi connectivity index (χ4v) is 3.30. The van der Waals surface area contributed by atoms with Gasteiger partial charge in [0.25, 0.3) is 0 Å². The van der Waals surface area contributed by atoms with Gasteiger partial charge < -0.3 is 19.8 Å². The molecule has 2 heterocycles.